The van der Waals surface area contributed by atoms with Gasteiger partial charge in [-0.1, -0.05) is 25.5 Å². The van der Waals surface area contributed by atoms with Crippen molar-refractivity contribution >= 4 is 5.97 Å². The number of halogens is 5. The molecule has 0 N–H and O–H groups in total. The molecule has 3 atom stereocenters. The van der Waals surface area contributed by atoms with Crippen LogP contribution < -0.4 is 0 Å². The van der Waals surface area contributed by atoms with Crippen molar-refractivity contribution < 1.29 is 31.5 Å². The number of alkyl halides is 1. The lowest BCUT2D eigenvalue weighted by molar-refractivity contribution is -0.161. The Morgan fingerprint density at radius 3 is 2.29 bits per heavy atom. The molecule has 1 aliphatic rings. The van der Waals surface area contributed by atoms with E-state index in [1.165, 1.54) is 0 Å². The molecule has 7 heteroatoms. The fourth-order valence-corrected chi connectivity index (χ4v) is 2.79. The van der Waals surface area contributed by atoms with E-state index < -0.39 is 52.5 Å². The van der Waals surface area contributed by atoms with Crippen molar-refractivity contribution in [1.82, 2.24) is 0 Å². The highest BCUT2D eigenvalue weighted by Gasteiger charge is 2.61. The third-order valence-electron chi connectivity index (χ3n) is 4.27. The Bertz CT molecular complexity index is 707. The zero-order valence-corrected chi connectivity index (χ0v) is 13.6. The van der Waals surface area contributed by atoms with Crippen LogP contribution in [0.4, 0.5) is 22.0 Å². The summed E-state index contributed by atoms with van der Waals surface area (Å²) in [5.74, 6) is -9.67. The van der Waals surface area contributed by atoms with Gasteiger partial charge in [0, 0.05) is 0 Å². The van der Waals surface area contributed by atoms with Gasteiger partial charge in [0.05, 0.1) is 11.5 Å². The van der Waals surface area contributed by atoms with Gasteiger partial charge in [-0.05, 0) is 31.2 Å². The summed E-state index contributed by atoms with van der Waals surface area (Å²) in [5.41, 5.74) is -0.697. The van der Waals surface area contributed by atoms with Crippen molar-refractivity contribution in [3.05, 3.63) is 46.5 Å². The van der Waals surface area contributed by atoms with E-state index in [-0.39, 0.29) is 12.0 Å². The molecule has 0 spiro atoms. The van der Waals surface area contributed by atoms with Gasteiger partial charge in [-0.2, -0.15) is 4.39 Å². The third kappa shape index (κ3) is 3.16. The molecule has 0 amide bonds. The third-order valence-corrected chi connectivity index (χ3v) is 4.27. The molecular formula is C17H17F5O2. The minimum absolute atomic E-state index is 0.136. The van der Waals surface area contributed by atoms with E-state index in [9.17, 15) is 26.7 Å². The van der Waals surface area contributed by atoms with Crippen molar-refractivity contribution in [3.63, 3.8) is 0 Å². The predicted molar refractivity (Wildman–Crippen MR) is 76.4 cm³/mol. The van der Waals surface area contributed by atoms with Gasteiger partial charge in [0.15, 0.2) is 23.3 Å². The maximum absolute atomic E-state index is 14.0. The molecule has 0 bridgehead atoms. The van der Waals surface area contributed by atoms with E-state index in [1.54, 1.807) is 13.8 Å². The number of benzene rings is 1. The minimum atomic E-state index is -2.73. The molecule has 2 rings (SSSR count). The average Bonchev–Trinajstić information content (AvgIpc) is 3.00. The molecule has 1 aromatic rings. The first kappa shape index (κ1) is 18.4. The van der Waals surface area contributed by atoms with E-state index in [1.807, 2.05) is 19.9 Å². The zero-order valence-electron chi connectivity index (χ0n) is 13.6. The lowest BCUT2D eigenvalue weighted by atomic mass is 10.1. The molecule has 3 unspecified atom stereocenters. The number of rotatable bonds is 4. The van der Waals surface area contributed by atoms with Gasteiger partial charge in [-0.15, -0.1) is 0 Å². The molecule has 1 aromatic carbocycles. The standard InChI is InChI=1S/C17H17F5O2/c1-7(2)5-9-11(17(9,3)4)16(23)24-15(22)8-6-10(18)13(20)14(21)12(8)19/h5-6,9,11,15H,1-4H3. The summed E-state index contributed by atoms with van der Waals surface area (Å²) < 4.78 is 71.2. The van der Waals surface area contributed by atoms with Gasteiger partial charge in [0.2, 0.25) is 0 Å². The molecule has 0 saturated heterocycles. The van der Waals surface area contributed by atoms with Crippen LogP contribution in [0.15, 0.2) is 17.7 Å². The molecule has 0 aliphatic heterocycles. The summed E-state index contributed by atoms with van der Waals surface area (Å²) in [7, 11) is 0. The number of ether oxygens (including phenoxy) is 1. The lowest BCUT2D eigenvalue weighted by Gasteiger charge is -2.12. The summed E-state index contributed by atoms with van der Waals surface area (Å²) in [4.78, 5) is 12.1. The van der Waals surface area contributed by atoms with E-state index in [0.717, 1.165) is 5.57 Å². The summed E-state index contributed by atoms with van der Waals surface area (Å²) in [6.07, 6.45) is -0.886. The van der Waals surface area contributed by atoms with Gasteiger partial charge in [0.25, 0.3) is 6.36 Å². The second kappa shape index (κ2) is 6.18. The summed E-state index contributed by atoms with van der Waals surface area (Å²) in [6.45, 7) is 7.25. The summed E-state index contributed by atoms with van der Waals surface area (Å²) in [5, 5.41) is 0. The number of allylic oxidation sites excluding steroid dienone is 2. The van der Waals surface area contributed by atoms with Crippen molar-refractivity contribution in [2.24, 2.45) is 17.3 Å². The highest BCUT2D eigenvalue weighted by molar-refractivity contribution is 5.78. The maximum atomic E-state index is 14.0. The number of hydrogen-bond donors (Lipinski definition) is 0. The van der Waals surface area contributed by atoms with Crippen molar-refractivity contribution in [3.8, 4) is 0 Å². The quantitative estimate of drug-likeness (QED) is 0.252. The second-order valence-corrected chi connectivity index (χ2v) is 6.71. The van der Waals surface area contributed by atoms with Crippen LogP contribution >= 0.6 is 0 Å². The smallest absolute Gasteiger partial charge is 0.312 e. The van der Waals surface area contributed by atoms with Gasteiger partial charge >= 0.3 is 5.97 Å². The Labute approximate surface area is 136 Å². The highest BCUT2D eigenvalue weighted by atomic mass is 19.2. The van der Waals surface area contributed by atoms with Crippen LogP contribution in [0, 0.1) is 40.5 Å². The molecule has 0 heterocycles. The molecule has 1 aliphatic carbocycles. The Balaban J connectivity index is 2.18. The van der Waals surface area contributed by atoms with E-state index in [0.29, 0.717) is 0 Å². The second-order valence-electron chi connectivity index (χ2n) is 6.71. The van der Waals surface area contributed by atoms with Crippen LogP contribution in [0.25, 0.3) is 0 Å². The van der Waals surface area contributed by atoms with Crippen molar-refractivity contribution in [2.75, 3.05) is 0 Å². The summed E-state index contributed by atoms with van der Waals surface area (Å²) in [6, 6.07) is 0.136. The number of hydrogen-bond acceptors (Lipinski definition) is 2. The Morgan fingerprint density at radius 1 is 1.17 bits per heavy atom. The molecule has 24 heavy (non-hydrogen) atoms. The number of carbonyl (C=O) groups excluding carboxylic acids is 1. The molecular weight excluding hydrogens is 331 g/mol. The normalized spacial score (nSPS) is 22.7. The molecule has 1 fully saturated rings. The maximum Gasteiger partial charge on any atom is 0.312 e. The largest absolute Gasteiger partial charge is 0.426 e. The molecule has 132 valence electrons. The van der Waals surface area contributed by atoms with Crippen LogP contribution in [0.1, 0.15) is 39.6 Å². The number of carbonyl (C=O) groups is 1. The Morgan fingerprint density at radius 2 is 1.75 bits per heavy atom. The van der Waals surface area contributed by atoms with Crippen LogP contribution in [0.3, 0.4) is 0 Å². The van der Waals surface area contributed by atoms with Crippen molar-refractivity contribution in [2.45, 2.75) is 34.1 Å². The minimum Gasteiger partial charge on any atom is -0.426 e. The van der Waals surface area contributed by atoms with Crippen LogP contribution in [0.2, 0.25) is 0 Å². The van der Waals surface area contributed by atoms with Crippen molar-refractivity contribution in [1.29, 1.82) is 0 Å². The molecule has 0 aromatic heterocycles. The Kier molecular flexibility index (Phi) is 4.74. The van der Waals surface area contributed by atoms with E-state index in [4.69, 9.17) is 0 Å². The van der Waals surface area contributed by atoms with E-state index in [2.05, 4.69) is 4.74 Å². The monoisotopic (exact) mass is 348 g/mol. The van der Waals surface area contributed by atoms with Gasteiger partial charge in [0.1, 0.15) is 0 Å². The first-order valence-electron chi connectivity index (χ1n) is 7.31. The molecule has 1 saturated carbocycles. The Hall–Kier alpha value is -1.92. The average molecular weight is 348 g/mol. The van der Waals surface area contributed by atoms with Gasteiger partial charge in [-0.25, -0.2) is 17.6 Å². The zero-order chi connectivity index (χ0) is 18.4. The summed E-state index contributed by atoms with van der Waals surface area (Å²) >= 11 is 0. The van der Waals surface area contributed by atoms with Gasteiger partial charge < -0.3 is 4.74 Å². The topological polar surface area (TPSA) is 26.3 Å². The lowest BCUT2D eigenvalue weighted by Crippen LogP contribution is -2.15. The fraction of sp³-hybridized carbons (Fsp3) is 0.471. The van der Waals surface area contributed by atoms with Gasteiger partial charge in [-0.3, -0.25) is 4.79 Å². The fourth-order valence-electron chi connectivity index (χ4n) is 2.79. The van der Waals surface area contributed by atoms with Crippen LogP contribution in [-0.4, -0.2) is 5.97 Å². The molecule has 2 nitrogen and oxygen atoms in total. The first-order chi connectivity index (χ1) is 11.0. The molecule has 0 radical (unpaired) electrons. The SMILES string of the molecule is CC(C)=CC1C(C(=O)OC(F)c2cc(F)c(F)c(F)c2F)C1(C)C. The number of esters is 1. The first-order valence-corrected chi connectivity index (χ1v) is 7.31. The van der Waals surface area contributed by atoms with E-state index >= 15 is 0 Å². The van der Waals surface area contributed by atoms with Crippen LogP contribution in [0.5, 0.6) is 0 Å². The highest BCUT2D eigenvalue weighted by Crippen LogP contribution is 2.60. The predicted octanol–water partition coefficient (Wildman–Crippen LogP) is 4.99. The van der Waals surface area contributed by atoms with Crippen LogP contribution in [-0.2, 0) is 9.53 Å².